The first-order valence-corrected chi connectivity index (χ1v) is 14.5. The number of methoxy groups -OCH3 is 2. The van der Waals surface area contributed by atoms with Crippen LogP contribution in [0.5, 0.6) is 11.5 Å². The highest BCUT2D eigenvalue weighted by atomic mass is 35.5. The van der Waals surface area contributed by atoms with Crippen molar-refractivity contribution in [3.63, 3.8) is 0 Å². The van der Waals surface area contributed by atoms with Crippen molar-refractivity contribution >= 4 is 39.1 Å². The summed E-state index contributed by atoms with van der Waals surface area (Å²) in [6.07, 6.45) is 0. The van der Waals surface area contributed by atoms with Crippen LogP contribution in [0.4, 0.5) is 5.69 Å². The van der Waals surface area contributed by atoms with Crippen molar-refractivity contribution < 1.29 is 27.5 Å². The number of nitrogens with one attached hydrogen (secondary N) is 1. The van der Waals surface area contributed by atoms with Crippen molar-refractivity contribution in [1.82, 2.24) is 10.2 Å². The summed E-state index contributed by atoms with van der Waals surface area (Å²) in [5.41, 5.74) is 1.77. The molecular weight excluding hydrogens is 554 g/mol. The van der Waals surface area contributed by atoms with E-state index in [0.717, 1.165) is 9.87 Å². The Balaban J connectivity index is 2.07. The first kappa shape index (κ1) is 30.8. The molecule has 0 saturated heterocycles. The quantitative estimate of drug-likeness (QED) is 0.336. The van der Waals surface area contributed by atoms with Crippen LogP contribution in [0, 0.1) is 6.92 Å². The van der Waals surface area contributed by atoms with Gasteiger partial charge in [-0.25, -0.2) is 8.42 Å². The summed E-state index contributed by atoms with van der Waals surface area (Å²) in [6.45, 7) is 5.08. The standard InChI is InChI=1S/C29H34ClN3O6S/c1-6-31-29(35)21(3)32(18-22-8-7-9-24(16-22)38-4)28(34)19-33(23-12-15-27(39-5)26(30)17-23)40(36,37)25-13-10-20(2)11-14-25/h7-17,21H,6,18-19H2,1-5H3,(H,31,35)/t21-/m0/s1. The molecule has 0 unspecified atom stereocenters. The van der Waals surface area contributed by atoms with Crippen molar-refractivity contribution in [2.75, 3.05) is 31.6 Å². The maximum atomic E-state index is 13.9. The maximum absolute atomic E-state index is 13.9. The fraction of sp³-hybridized carbons (Fsp3) is 0.310. The lowest BCUT2D eigenvalue weighted by Crippen LogP contribution is -2.51. The van der Waals surface area contributed by atoms with Crippen LogP contribution in [0.1, 0.15) is 25.0 Å². The van der Waals surface area contributed by atoms with Gasteiger partial charge in [0.15, 0.2) is 0 Å². The Bertz CT molecular complexity index is 1450. The summed E-state index contributed by atoms with van der Waals surface area (Å²) in [5.74, 6) is 0.00401. The Labute approximate surface area is 240 Å². The van der Waals surface area contributed by atoms with E-state index in [2.05, 4.69) is 5.32 Å². The number of nitrogens with zero attached hydrogens (tertiary/aromatic N) is 2. The minimum Gasteiger partial charge on any atom is -0.497 e. The molecular formula is C29H34ClN3O6S. The molecule has 1 atom stereocenters. The van der Waals surface area contributed by atoms with Crippen molar-refractivity contribution in [2.24, 2.45) is 0 Å². The van der Waals surface area contributed by atoms with Gasteiger partial charge in [-0.05, 0) is 68.8 Å². The van der Waals surface area contributed by atoms with Gasteiger partial charge in [0.1, 0.15) is 24.1 Å². The molecule has 11 heteroatoms. The zero-order chi connectivity index (χ0) is 29.4. The molecule has 0 saturated carbocycles. The number of ether oxygens (including phenoxy) is 2. The number of hydrogen-bond acceptors (Lipinski definition) is 6. The third-order valence-electron chi connectivity index (χ3n) is 6.32. The average Bonchev–Trinajstić information content (AvgIpc) is 2.94. The van der Waals surface area contributed by atoms with E-state index in [0.29, 0.717) is 23.6 Å². The molecule has 0 bridgehead atoms. The molecule has 0 aliphatic heterocycles. The molecule has 1 N–H and O–H groups in total. The molecule has 0 aliphatic carbocycles. The van der Waals surface area contributed by atoms with E-state index in [4.69, 9.17) is 21.1 Å². The Kier molecular flexibility index (Phi) is 10.4. The van der Waals surface area contributed by atoms with Crippen LogP contribution in [0.25, 0.3) is 0 Å². The first-order valence-electron chi connectivity index (χ1n) is 12.6. The number of carbonyl (C=O) groups excluding carboxylic acids is 2. The molecule has 40 heavy (non-hydrogen) atoms. The number of carbonyl (C=O) groups is 2. The average molecular weight is 588 g/mol. The summed E-state index contributed by atoms with van der Waals surface area (Å²) in [7, 11) is -1.23. The van der Waals surface area contributed by atoms with Crippen LogP contribution in [0.3, 0.4) is 0 Å². The summed E-state index contributed by atoms with van der Waals surface area (Å²) in [4.78, 5) is 28.1. The Morgan fingerprint density at radius 1 is 1.00 bits per heavy atom. The molecule has 2 amide bonds. The lowest BCUT2D eigenvalue weighted by Gasteiger charge is -2.32. The largest absolute Gasteiger partial charge is 0.497 e. The van der Waals surface area contributed by atoms with Crippen molar-refractivity contribution in [3.05, 3.63) is 82.9 Å². The van der Waals surface area contributed by atoms with Gasteiger partial charge in [0.25, 0.3) is 10.0 Å². The number of hydrogen-bond donors (Lipinski definition) is 1. The van der Waals surface area contributed by atoms with Gasteiger partial charge in [-0.1, -0.05) is 41.4 Å². The van der Waals surface area contributed by atoms with Crippen molar-refractivity contribution in [3.8, 4) is 11.5 Å². The van der Waals surface area contributed by atoms with E-state index in [1.54, 1.807) is 50.2 Å². The third kappa shape index (κ3) is 7.25. The van der Waals surface area contributed by atoms with E-state index in [1.165, 1.54) is 49.5 Å². The van der Waals surface area contributed by atoms with Crippen LogP contribution in [0.2, 0.25) is 5.02 Å². The summed E-state index contributed by atoms with van der Waals surface area (Å²) < 4.78 is 39.3. The molecule has 3 aromatic rings. The number of amides is 2. The van der Waals surface area contributed by atoms with Gasteiger partial charge in [-0.15, -0.1) is 0 Å². The number of halogens is 1. The van der Waals surface area contributed by atoms with E-state index < -0.39 is 28.5 Å². The smallest absolute Gasteiger partial charge is 0.264 e. The maximum Gasteiger partial charge on any atom is 0.264 e. The molecule has 0 aromatic heterocycles. The van der Waals surface area contributed by atoms with E-state index in [-0.39, 0.29) is 28.1 Å². The lowest BCUT2D eigenvalue weighted by molar-refractivity contribution is -0.139. The van der Waals surface area contributed by atoms with Gasteiger partial charge in [-0.2, -0.15) is 0 Å². The Morgan fingerprint density at radius 3 is 2.30 bits per heavy atom. The van der Waals surface area contributed by atoms with Gasteiger partial charge >= 0.3 is 0 Å². The fourth-order valence-corrected chi connectivity index (χ4v) is 5.71. The number of rotatable bonds is 12. The fourth-order valence-electron chi connectivity index (χ4n) is 4.05. The molecule has 214 valence electrons. The molecule has 0 spiro atoms. The van der Waals surface area contributed by atoms with Gasteiger partial charge < -0.3 is 19.7 Å². The van der Waals surface area contributed by atoms with Gasteiger partial charge in [0, 0.05) is 13.1 Å². The van der Waals surface area contributed by atoms with E-state index in [1.807, 2.05) is 6.92 Å². The second-order valence-corrected chi connectivity index (χ2v) is 11.4. The molecule has 0 fully saturated rings. The van der Waals surface area contributed by atoms with Crippen LogP contribution in [-0.2, 0) is 26.2 Å². The molecule has 0 radical (unpaired) electrons. The first-order chi connectivity index (χ1) is 19.0. The summed E-state index contributed by atoms with van der Waals surface area (Å²) >= 11 is 6.35. The van der Waals surface area contributed by atoms with Gasteiger partial charge in [0.05, 0.1) is 29.8 Å². The minimum absolute atomic E-state index is 0.00830. The van der Waals surface area contributed by atoms with Crippen molar-refractivity contribution in [1.29, 1.82) is 0 Å². The summed E-state index contributed by atoms with van der Waals surface area (Å²) in [5, 5.41) is 2.92. The zero-order valence-electron chi connectivity index (χ0n) is 23.2. The Morgan fingerprint density at radius 2 is 1.70 bits per heavy atom. The number of aryl methyl sites for hydroxylation is 1. The highest BCUT2D eigenvalue weighted by Crippen LogP contribution is 2.32. The second kappa shape index (κ2) is 13.5. The molecule has 3 rings (SSSR count). The van der Waals surface area contributed by atoms with Gasteiger partial charge in [0.2, 0.25) is 11.8 Å². The second-order valence-electron chi connectivity index (χ2n) is 9.09. The SMILES string of the molecule is CCNC(=O)[C@H](C)N(Cc1cccc(OC)c1)C(=O)CN(c1ccc(OC)c(Cl)c1)S(=O)(=O)c1ccc(C)cc1. The minimum atomic E-state index is -4.21. The molecule has 9 nitrogen and oxygen atoms in total. The highest BCUT2D eigenvalue weighted by molar-refractivity contribution is 7.92. The predicted molar refractivity (Wildman–Crippen MR) is 155 cm³/mol. The summed E-state index contributed by atoms with van der Waals surface area (Å²) in [6, 6.07) is 17.0. The van der Waals surface area contributed by atoms with Gasteiger partial charge in [-0.3, -0.25) is 13.9 Å². The number of likely N-dealkylation sites (N-methyl/N-ethyl adjacent to an activating group) is 1. The molecule has 3 aromatic carbocycles. The zero-order valence-corrected chi connectivity index (χ0v) is 24.8. The third-order valence-corrected chi connectivity index (χ3v) is 8.40. The van der Waals surface area contributed by atoms with Crippen LogP contribution in [0.15, 0.2) is 71.6 Å². The number of anilines is 1. The monoisotopic (exact) mass is 587 g/mol. The molecule has 0 aliphatic rings. The lowest BCUT2D eigenvalue weighted by atomic mass is 10.1. The normalized spacial score (nSPS) is 11.8. The molecule has 0 heterocycles. The van der Waals surface area contributed by atoms with Crippen LogP contribution >= 0.6 is 11.6 Å². The topological polar surface area (TPSA) is 105 Å². The predicted octanol–water partition coefficient (Wildman–Crippen LogP) is 4.41. The van der Waals surface area contributed by atoms with E-state index in [9.17, 15) is 18.0 Å². The van der Waals surface area contributed by atoms with Crippen LogP contribution in [-0.4, -0.2) is 58.5 Å². The van der Waals surface area contributed by atoms with Crippen LogP contribution < -0.4 is 19.1 Å². The number of sulfonamides is 1. The number of benzene rings is 3. The highest BCUT2D eigenvalue weighted by Gasteiger charge is 2.32. The van der Waals surface area contributed by atoms with E-state index >= 15 is 0 Å². The Hall–Kier alpha value is -3.76. The van der Waals surface area contributed by atoms with Crippen molar-refractivity contribution in [2.45, 2.75) is 38.3 Å².